The third-order valence-electron chi connectivity index (χ3n) is 2.42. The highest BCUT2D eigenvalue weighted by atomic mass is 32.2. The fourth-order valence-electron chi connectivity index (χ4n) is 1.45. The Labute approximate surface area is 105 Å². The fourth-order valence-corrected chi connectivity index (χ4v) is 2.03. The molecule has 0 aromatic heterocycles. The second-order valence-corrected chi connectivity index (χ2v) is 4.72. The van der Waals surface area contributed by atoms with Crippen molar-refractivity contribution >= 4 is 16.9 Å². The molecule has 0 aliphatic rings. The molecule has 0 aliphatic carbocycles. The van der Waals surface area contributed by atoms with Crippen LogP contribution >= 0.6 is 11.8 Å². The van der Waals surface area contributed by atoms with Crippen molar-refractivity contribution in [1.82, 2.24) is 5.32 Å². The largest absolute Gasteiger partial charge is 0.368 e. The predicted octanol–water partition coefficient (Wildman–Crippen LogP) is 4.19. The summed E-state index contributed by atoms with van der Waals surface area (Å²) < 4.78 is 0. The molecule has 3 heteroatoms. The van der Waals surface area contributed by atoms with E-state index in [9.17, 15) is 0 Å². The molecule has 0 rings (SSSR count). The lowest BCUT2D eigenvalue weighted by molar-refractivity contribution is 0.611. The van der Waals surface area contributed by atoms with Crippen LogP contribution in [-0.4, -0.2) is 19.3 Å². The van der Waals surface area contributed by atoms with Gasteiger partial charge < -0.3 is 5.32 Å². The monoisotopic (exact) mass is 242 g/mol. The molecule has 0 spiro atoms. The summed E-state index contributed by atoms with van der Waals surface area (Å²) in [4.78, 5) is 4.09. The molecule has 0 aromatic carbocycles. The number of nitrogens with zero attached hydrogens (tertiary/aromatic N) is 1. The standard InChI is InChI=1S/C13H26N2S/c1-4-5-6-7-8-9-10-11-12-16-13(14-2)15-3/h11-12H,4-10H2,1-3H3,(H,14,15)/b12-11-. The van der Waals surface area contributed by atoms with Crippen molar-refractivity contribution in [2.45, 2.75) is 51.9 Å². The second kappa shape index (κ2) is 12.6. The van der Waals surface area contributed by atoms with Gasteiger partial charge in [-0.2, -0.15) is 0 Å². The molecule has 16 heavy (non-hydrogen) atoms. The Morgan fingerprint density at radius 1 is 1.19 bits per heavy atom. The van der Waals surface area contributed by atoms with Gasteiger partial charge in [-0.25, -0.2) is 0 Å². The lowest BCUT2D eigenvalue weighted by atomic mass is 10.1. The molecular weight excluding hydrogens is 216 g/mol. The zero-order chi connectivity index (χ0) is 12.1. The van der Waals surface area contributed by atoms with Gasteiger partial charge in [-0.1, -0.05) is 56.9 Å². The summed E-state index contributed by atoms with van der Waals surface area (Å²) in [5.74, 6) is 0. The number of unbranched alkanes of at least 4 members (excludes halogenated alkanes) is 6. The van der Waals surface area contributed by atoms with E-state index >= 15 is 0 Å². The lowest BCUT2D eigenvalue weighted by Gasteiger charge is -1.99. The molecule has 0 heterocycles. The van der Waals surface area contributed by atoms with Crippen LogP contribution in [0.1, 0.15) is 51.9 Å². The summed E-state index contributed by atoms with van der Waals surface area (Å²) in [6.07, 6.45) is 11.7. The van der Waals surface area contributed by atoms with Crippen molar-refractivity contribution in [3.8, 4) is 0 Å². The number of nitrogens with one attached hydrogen (secondary N) is 1. The molecule has 0 bridgehead atoms. The smallest absolute Gasteiger partial charge is 0.160 e. The molecular formula is C13H26N2S. The van der Waals surface area contributed by atoms with Crippen LogP contribution in [0.4, 0.5) is 0 Å². The lowest BCUT2D eigenvalue weighted by Crippen LogP contribution is -2.12. The van der Waals surface area contributed by atoms with Crippen molar-refractivity contribution in [2.24, 2.45) is 4.99 Å². The van der Waals surface area contributed by atoms with E-state index in [1.165, 1.54) is 44.9 Å². The third kappa shape index (κ3) is 10.1. The van der Waals surface area contributed by atoms with Gasteiger partial charge in [-0.05, 0) is 18.2 Å². The summed E-state index contributed by atoms with van der Waals surface area (Å²) >= 11 is 1.65. The van der Waals surface area contributed by atoms with Crippen molar-refractivity contribution in [3.63, 3.8) is 0 Å². The van der Waals surface area contributed by atoms with Crippen LogP contribution in [0.25, 0.3) is 0 Å². The van der Waals surface area contributed by atoms with Gasteiger partial charge >= 0.3 is 0 Å². The number of amidine groups is 1. The average Bonchev–Trinajstić information content (AvgIpc) is 2.32. The van der Waals surface area contributed by atoms with E-state index in [2.05, 4.69) is 28.7 Å². The van der Waals surface area contributed by atoms with Crippen molar-refractivity contribution in [3.05, 3.63) is 11.5 Å². The molecule has 0 amide bonds. The van der Waals surface area contributed by atoms with E-state index in [0.717, 1.165) is 5.17 Å². The van der Waals surface area contributed by atoms with Crippen LogP contribution in [-0.2, 0) is 0 Å². The molecule has 0 fully saturated rings. The van der Waals surface area contributed by atoms with Crippen molar-refractivity contribution in [1.29, 1.82) is 0 Å². The number of hydrogen-bond donors (Lipinski definition) is 1. The van der Waals surface area contributed by atoms with E-state index < -0.39 is 0 Å². The van der Waals surface area contributed by atoms with E-state index in [4.69, 9.17) is 0 Å². The van der Waals surface area contributed by atoms with Gasteiger partial charge in [0.15, 0.2) is 5.17 Å². The molecule has 0 unspecified atom stereocenters. The maximum absolute atomic E-state index is 4.09. The highest BCUT2D eigenvalue weighted by Crippen LogP contribution is 2.09. The van der Waals surface area contributed by atoms with Crippen LogP contribution in [0.5, 0.6) is 0 Å². The van der Waals surface area contributed by atoms with Gasteiger partial charge in [0.1, 0.15) is 0 Å². The molecule has 94 valence electrons. The summed E-state index contributed by atoms with van der Waals surface area (Å²) in [7, 11) is 3.71. The molecule has 0 saturated carbocycles. The molecule has 0 atom stereocenters. The number of hydrogen-bond acceptors (Lipinski definition) is 2. The minimum atomic E-state index is 0.971. The Bertz CT molecular complexity index is 200. The van der Waals surface area contributed by atoms with Gasteiger partial charge in [0.2, 0.25) is 0 Å². The first-order valence-electron chi connectivity index (χ1n) is 6.31. The van der Waals surface area contributed by atoms with Crippen LogP contribution < -0.4 is 5.32 Å². The van der Waals surface area contributed by atoms with Crippen LogP contribution in [0.2, 0.25) is 0 Å². The maximum Gasteiger partial charge on any atom is 0.160 e. The van der Waals surface area contributed by atoms with E-state index in [1.54, 1.807) is 18.8 Å². The summed E-state index contributed by atoms with van der Waals surface area (Å²) in [6, 6.07) is 0. The van der Waals surface area contributed by atoms with E-state index in [0.29, 0.717) is 0 Å². The average molecular weight is 242 g/mol. The van der Waals surface area contributed by atoms with Crippen LogP contribution in [0.3, 0.4) is 0 Å². The molecule has 0 aliphatic heterocycles. The Balaban J connectivity index is 3.28. The van der Waals surface area contributed by atoms with E-state index in [-0.39, 0.29) is 0 Å². The minimum absolute atomic E-state index is 0.971. The molecule has 0 aromatic rings. The normalized spacial score (nSPS) is 12.3. The first-order chi connectivity index (χ1) is 7.85. The fraction of sp³-hybridized carbons (Fsp3) is 0.769. The minimum Gasteiger partial charge on any atom is -0.368 e. The first kappa shape index (κ1) is 15.6. The predicted molar refractivity (Wildman–Crippen MR) is 77.1 cm³/mol. The molecule has 0 saturated heterocycles. The summed E-state index contributed by atoms with van der Waals surface area (Å²) in [6.45, 7) is 2.26. The molecule has 2 nitrogen and oxygen atoms in total. The topological polar surface area (TPSA) is 24.4 Å². The van der Waals surface area contributed by atoms with Gasteiger partial charge in [-0.3, -0.25) is 4.99 Å². The Morgan fingerprint density at radius 3 is 2.50 bits per heavy atom. The van der Waals surface area contributed by atoms with Crippen LogP contribution in [0, 0.1) is 0 Å². The van der Waals surface area contributed by atoms with E-state index in [1.807, 2.05) is 7.05 Å². The Hall–Kier alpha value is -0.440. The number of allylic oxidation sites excluding steroid dienone is 1. The number of thioether (sulfide) groups is 1. The Morgan fingerprint density at radius 2 is 1.88 bits per heavy atom. The van der Waals surface area contributed by atoms with Gasteiger partial charge in [-0.15, -0.1) is 0 Å². The second-order valence-electron chi connectivity index (χ2n) is 3.82. The first-order valence-corrected chi connectivity index (χ1v) is 7.19. The van der Waals surface area contributed by atoms with Gasteiger partial charge in [0.05, 0.1) is 0 Å². The maximum atomic E-state index is 4.09. The zero-order valence-electron chi connectivity index (χ0n) is 11.0. The van der Waals surface area contributed by atoms with Crippen LogP contribution in [0.15, 0.2) is 16.5 Å². The SMILES string of the molecule is CCCCCCCC/C=C\SC(=NC)NC. The van der Waals surface area contributed by atoms with Gasteiger partial charge in [0, 0.05) is 14.1 Å². The third-order valence-corrected chi connectivity index (χ3v) is 3.36. The number of rotatable bonds is 8. The quantitative estimate of drug-likeness (QED) is 0.392. The van der Waals surface area contributed by atoms with Gasteiger partial charge in [0.25, 0.3) is 0 Å². The highest BCUT2D eigenvalue weighted by molar-refractivity contribution is 8.16. The Kier molecular flexibility index (Phi) is 12.3. The summed E-state index contributed by atoms with van der Waals surface area (Å²) in [5, 5.41) is 6.14. The van der Waals surface area contributed by atoms with Crippen molar-refractivity contribution in [2.75, 3.05) is 14.1 Å². The highest BCUT2D eigenvalue weighted by Gasteiger charge is 1.90. The summed E-state index contributed by atoms with van der Waals surface area (Å²) in [5.41, 5.74) is 0. The molecule has 0 radical (unpaired) electrons. The van der Waals surface area contributed by atoms with Crippen molar-refractivity contribution < 1.29 is 0 Å². The zero-order valence-corrected chi connectivity index (χ0v) is 11.8. The number of aliphatic imine (C=N–C) groups is 1. The molecule has 1 N–H and O–H groups in total.